The maximum absolute atomic E-state index is 12.1. The van der Waals surface area contributed by atoms with E-state index in [0.717, 1.165) is 21.6 Å². The van der Waals surface area contributed by atoms with Crippen molar-refractivity contribution < 1.29 is 17.9 Å². The summed E-state index contributed by atoms with van der Waals surface area (Å²) >= 11 is 2.92. The van der Waals surface area contributed by atoms with Crippen molar-refractivity contribution in [3.63, 3.8) is 0 Å². The molecule has 0 saturated carbocycles. The average Bonchev–Trinajstić information content (AvgIpc) is 2.91. The van der Waals surface area contributed by atoms with Crippen LogP contribution in [0.4, 0.5) is 18.3 Å². The standard InChI is InChI=1S/C13H14F3N3OS2/c1-2-17-11-18-19-12(22-11)21-7-9-4-3-5-10(6-9)20-8-13(14,15)16/h3-6H,2,7-8H2,1H3,(H,17,18). The molecule has 0 aliphatic carbocycles. The Labute approximate surface area is 134 Å². The Morgan fingerprint density at radius 2 is 2.14 bits per heavy atom. The fourth-order valence-corrected chi connectivity index (χ4v) is 3.29. The lowest BCUT2D eigenvalue weighted by atomic mass is 10.2. The molecule has 0 fully saturated rings. The third-order valence-electron chi connectivity index (χ3n) is 2.40. The number of anilines is 1. The van der Waals surface area contributed by atoms with Gasteiger partial charge in [0, 0.05) is 12.3 Å². The summed E-state index contributed by atoms with van der Waals surface area (Å²) in [7, 11) is 0. The van der Waals surface area contributed by atoms with Crippen LogP contribution in [0.5, 0.6) is 5.75 Å². The number of hydrogen-bond donors (Lipinski definition) is 1. The Bertz CT molecular complexity index is 604. The van der Waals surface area contributed by atoms with Crippen LogP contribution in [0.25, 0.3) is 0 Å². The van der Waals surface area contributed by atoms with E-state index in [0.29, 0.717) is 5.75 Å². The SMILES string of the molecule is CCNc1nnc(SCc2cccc(OCC(F)(F)F)c2)s1. The minimum atomic E-state index is -4.33. The highest BCUT2D eigenvalue weighted by atomic mass is 32.2. The number of nitrogens with one attached hydrogen (secondary N) is 1. The van der Waals surface area contributed by atoms with Crippen LogP contribution in [-0.4, -0.2) is 29.5 Å². The first-order valence-corrected chi connectivity index (χ1v) is 8.25. The van der Waals surface area contributed by atoms with Gasteiger partial charge in [-0.05, 0) is 24.6 Å². The molecule has 0 saturated heterocycles. The molecule has 2 rings (SSSR count). The fraction of sp³-hybridized carbons (Fsp3) is 0.385. The van der Waals surface area contributed by atoms with Crippen molar-refractivity contribution in [3.05, 3.63) is 29.8 Å². The normalized spacial score (nSPS) is 11.5. The molecule has 1 N–H and O–H groups in total. The molecule has 1 aromatic carbocycles. The van der Waals surface area contributed by atoms with Gasteiger partial charge < -0.3 is 10.1 Å². The molecule has 1 aromatic heterocycles. The smallest absolute Gasteiger partial charge is 0.422 e. The zero-order valence-corrected chi connectivity index (χ0v) is 13.3. The van der Waals surface area contributed by atoms with E-state index in [2.05, 4.69) is 15.5 Å². The van der Waals surface area contributed by atoms with E-state index in [1.807, 2.05) is 13.0 Å². The molecule has 0 radical (unpaired) electrons. The van der Waals surface area contributed by atoms with E-state index >= 15 is 0 Å². The van der Waals surface area contributed by atoms with Gasteiger partial charge in [0.05, 0.1) is 0 Å². The molecule has 1 heterocycles. The van der Waals surface area contributed by atoms with Gasteiger partial charge in [-0.1, -0.05) is 35.2 Å². The molecule has 4 nitrogen and oxygen atoms in total. The Balaban J connectivity index is 1.89. The van der Waals surface area contributed by atoms with Crippen molar-refractivity contribution in [2.45, 2.75) is 23.2 Å². The topological polar surface area (TPSA) is 47.0 Å². The molecule has 0 spiro atoms. The molecule has 0 amide bonds. The van der Waals surface area contributed by atoms with Crippen molar-refractivity contribution in [1.82, 2.24) is 10.2 Å². The number of thioether (sulfide) groups is 1. The van der Waals surface area contributed by atoms with Crippen LogP contribution in [0.2, 0.25) is 0 Å². The molecule has 120 valence electrons. The number of aromatic nitrogens is 2. The molecule has 0 aliphatic heterocycles. The summed E-state index contributed by atoms with van der Waals surface area (Å²) in [5.41, 5.74) is 0.866. The molecule has 22 heavy (non-hydrogen) atoms. The van der Waals surface area contributed by atoms with Crippen LogP contribution in [0.3, 0.4) is 0 Å². The van der Waals surface area contributed by atoms with Crippen molar-refractivity contribution in [1.29, 1.82) is 0 Å². The van der Waals surface area contributed by atoms with E-state index in [9.17, 15) is 13.2 Å². The highest BCUT2D eigenvalue weighted by Gasteiger charge is 2.28. The lowest BCUT2D eigenvalue weighted by Crippen LogP contribution is -2.19. The van der Waals surface area contributed by atoms with Gasteiger partial charge in [0.25, 0.3) is 0 Å². The van der Waals surface area contributed by atoms with Crippen LogP contribution < -0.4 is 10.1 Å². The third-order valence-corrected chi connectivity index (χ3v) is 4.48. The van der Waals surface area contributed by atoms with E-state index in [4.69, 9.17) is 4.74 Å². The zero-order chi connectivity index (χ0) is 16.0. The average molecular weight is 349 g/mol. The Kier molecular flexibility index (Phi) is 5.90. The predicted octanol–water partition coefficient (Wildman–Crippen LogP) is 4.20. The molecule has 9 heteroatoms. The number of nitrogens with zero attached hydrogens (tertiary/aromatic N) is 2. The van der Waals surface area contributed by atoms with Gasteiger partial charge in [-0.2, -0.15) is 13.2 Å². The number of alkyl halides is 3. The quantitative estimate of drug-likeness (QED) is 0.759. The van der Waals surface area contributed by atoms with Gasteiger partial charge in [0.2, 0.25) is 5.13 Å². The van der Waals surface area contributed by atoms with Crippen LogP contribution in [0, 0.1) is 0 Å². The van der Waals surface area contributed by atoms with Crippen molar-refractivity contribution in [2.24, 2.45) is 0 Å². The summed E-state index contributed by atoms with van der Waals surface area (Å²) < 4.78 is 41.9. The molecule has 0 bridgehead atoms. The minimum Gasteiger partial charge on any atom is -0.484 e. The molecular weight excluding hydrogens is 335 g/mol. The number of hydrogen-bond acceptors (Lipinski definition) is 6. The van der Waals surface area contributed by atoms with Gasteiger partial charge in [-0.25, -0.2) is 0 Å². The molecule has 0 unspecified atom stereocenters. The van der Waals surface area contributed by atoms with Crippen molar-refractivity contribution in [2.75, 3.05) is 18.5 Å². The van der Waals surface area contributed by atoms with Gasteiger partial charge in [0.15, 0.2) is 10.9 Å². The number of halogens is 3. The van der Waals surface area contributed by atoms with E-state index in [1.54, 1.807) is 12.1 Å². The van der Waals surface area contributed by atoms with Crippen molar-refractivity contribution >= 4 is 28.2 Å². The minimum absolute atomic E-state index is 0.209. The molecular formula is C13H14F3N3OS2. The second-order valence-electron chi connectivity index (χ2n) is 4.24. The predicted molar refractivity (Wildman–Crippen MR) is 81.6 cm³/mol. The van der Waals surface area contributed by atoms with Gasteiger partial charge in [-0.3, -0.25) is 0 Å². The third kappa shape index (κ3) is 5.72. The maximum Gasteiger partial charge on any atom is 0.422 e. The summed E-state index contributed by atoms with van der Waals surface area (Å²) in [5, 5.41) is 11.8. The zero-order valence-electron chi connectivity index (χ0n) is 11.7. The first kappa shape index (κ1) is 16.9. The summed E-state index contributed by atoms with van der Waals surface area (Å²) in [6, 6.07) is 6.62. The second-order valence-corrected chi connectivity index (χ2v) is 6.44. The van der Waals surface area contributed by atoms with Crippen LogP contribution >= 0.6 is 23.1 Å². The van der Waals surface area contributed by atoms with Crippen molar-refractivity contribution in [3.8, 4) is 5.75 Å². The summed E-state index contributed by atoms with van der Waals surface area (Å²) in [6.45, 7) is 1.46. The fourth-order valence-electron chi connectivity index (χ4n) is 1.53. The Morgan fingerprint density at radius 1 is 1.32 bits per heavy atom. The highest BCUT2D eigenvalue weighted by Crippen LogP contribution is 2.29. The van der Waals surface area contributed by atoms with Crippen LogP contribution in [0.15, 0.2) is 28.6 Å². The lowest BCUT2D eigenvalue weighted by molar-refractivity contribution is -0.153. The monoisotopic (exact) mass is 349 g/mol. The van der Waals surface area contributed by atoms with E-state index in [-0.39, 0.29) is 5.75 Å². The number of rotatable bonds is 7. The summed E-state index contributed by atoms with van der Waals surface area (Å²) in [6.07, 6.45) is -4.33. The van der Waals surface area contributed by atoms with Gasteiger partial charge in [-0.15, -0.1) is 10.2 Å². The molecule has 0 aliphatic rings. The van der Waals surface area contributed by atoms with Crippen LogP contribution in [0.1, 0.15) is 12.5 Å². The first-order chi connectivity index (χ1) is 10.5. The highest BCUT2D eigenvalue weighted by molar-refractivity contribution is 8.00. The van der Waals surface area contributed by atoms with Crippen LogP contribution in [-0.2, 0) is 5.75 Å². The largest absolute Gasteiger partial charge is 0.484 e. The lowest BCUT2D eigenvalue weighted by Gasteiger charge is -2.09. The number of benzene rings is 1. The number of ether oxygens (including phenoxy) is 1. The van der Waals surface area contributed by atoms with E-state index in [1.165, 1.54) is 29.2 Å². The molecule has 2 aromatic rings. The first-order valence-electron chi connectivity index (χ1n) is 6.45. The molecule has 0 atom stereocenters. The summed E-state index contributed by atoms with van der Waals surface area (Å²) in [5.74, 6) is 0.797. The second kappa shape index (κ2) is 7.68. The van der Waals surface area contributed by atoms with Gasteiger partial charge >= 0.3 is 6.18 Å². The Morgan fingerprint density at radius 3 is 2.86 bits per heavy atom. The van der Waals surface area contributed by atoms with Gasteiger partial charge in [0.1, 0.15) is 5.75 Å². The Hall–Kier alpha value is -1.48. The summed E-state index contributed by atoms with van der Waals surface area (Å²) in [4.78, 5) is 0. The maximum atomic E-state index is 12.1. The van der Waals surface area contributed by atoms with E-state index < -0.39 is 12.8 Å².